The average molecular weight is 322 g/mol. The van der Waals surface area contributed by atoms with Crippen molar-refractivity contribution < 1.29 is 14.3 Å². The van der Waals surface area contributed by atoms with Gasteiger partial charge in [0.1, 0.15) is 0 Å². The molecule has 1 amide bonds. The third-order valence-electron chi connectivity index (χ3n) is 3.37. The molecule has 1 aromatic carbocycles. The van der Waals surface area contributed by atoms with Gasteiger partial charge in [-0.05, 0) is 57.7 Å². The van der Waals surface area contributed by atoms with Crippen molar-refractivity contribution in [2.24, 2.45) is 0 Å². The lowest BCUT2D eigenvalue weighted by Gasteiger charge is -2.14. The Bertz CT molecular complexity index is 608. The second kappa shape index (κ2) is 7.45. The van der Waals surface area contributed by atoms with E-state index in [-0.39, 0.29) is 17.6 Å². The normalized spacial score (nSPS) is 14.5. The molecular formula is C17H20ClNO3. The van der Waals surface area contributed by atoms with Crippen molar-refractivity contribution >= 4 is 29.2 Å². The summed E-state index contributed by atoms with van der Waals surface area (Å²) < 4.78 is 5.15. The highest BCUT2D eigenvalue weighted by Crippen LogP contribution is 2.24. The lowest BCUT2D eigenvalue weighted by Crippen LogP contribution is -2.17. The zero-order valence-corrected chi connectivity index (χ0v) is 13.6. The molecule has 0 atom stereocenters. The van der Waals surface area contributed by atoms with Crippen LogP contribution in [-0.2, 0) is 9.53 Å². The summed E-state index contributed by atoms with van der Waals surface area (Å²) in [5, 5.41) is 3.12. The van der Waals surface area contributed by atoms with Crippen LogP contribution in [0.15, 0.2) is 29.8 Å². The van der Waals surface area contributed by atoms with Crippen molar-refractivity contribution in [3.05, 3.63) is 40.4 Å². The maximum Gasteiger partial charge on any atom is 0.339 e. The first kappa shape index (κ1) is 16.6. The number of ether oxygens (including phenoxy) is 1. The summed E-state index contributed by atoms with van der Waals surface area (Å²) >= 11 is 6.03. The van der Waals surface area contributed by atoms with Gasteiger partial charge in [-0.15, -0.1) is 0 Å². The molecule has 118 valence electrons. The van der Waals surface area contributed by atoms with Gasteiger partial charge in [-0.1, -0.05) is 17.7 Å². The molecule has 4 nitrogen and oxygen atoms in total. The number of allylic oxidation sites excluding steroid dienone is 1. The van der Waals surface area contributed by atoms with Gasteiger partial charge in [0.05, 0.1) is 16.7 Å². The van der Waals surface area contributed by atoms with Crippen LogP contribution in [0.1, 0.15) is 49.9 Å². The number of nitrogens with one attached hydrogen (secondary N) is 1. The minimum atomic E-state index is -0.493. The highest BCUT2D eigenvalue weighted by molar-refractivity contribution is 6.33. The fourth-order valence-corrected chi connectivity index (χ4v) is 2.49. The van der Waals surface area contributed by atoms with Crippen LogP contribution in [0.2, 0.25) is 5.02 Å². The second-order valence-electron chi connectivity index (χ2n) is 5.58. The molecule has 1 aliphatic carbocycles. The van der Waals surface area contributed by atoms with E-state index in [9.17, 15) is 9.59 Å². The molecule has 0 aliphatic heterocycles. The van der Waals surface area contributed by atoms with E-state index in [1.165, 1.54) is 0 Å². The first-order valence-corrected chi connectivity index (χ1v) is 7.86. The monoisotopic (exact) mass is 321 g/mol. The molecule has 2 rings (SSSR count). The number of hydrogen-bond donors (Lipinski definition) is 1. The molecular weight excluding hydrogens is 302 g/mol. The largest absolute Gasteiger partial charge is 0.459 e. The molecule has 0 unspecified atom stereocenters. The molecule has 0 bridgehead atoms. The predicted molar refractivity (Wildman–Crippen MR) is 87.2 cm³/mol. The van der Waals surface area contributed by atoms with E-state index < -0.39 is 5.97 Å². The SMILES string of the molecule is CC(C)OC(=O)c1cc(NC(=O)C2=CCCCC2)ccc1Cl. The maximum atomic E-state index is 12.2. The number of carbonyl (C=O) groups is 2. The van der Waals surface area contributed by atoms with Gasteiger partial charge in [0.25, 0.3) is 5.91 Å². The van der Waals surface area contributed by atoms with E-state index in [0.29, 0.717) is 10.7 Å². The van der Waals surface area contributed by atoms with Gasteiger partial charge in [0.2, 0.25) is 0 Å². The standard InChI is InChI=1S/C17H20ClNO3/c1-11(2)22-17(21)14-10-13(8-9-15(14)18)19-16(20)12-6-4-3-5-7-12/h6,8-11H,3-5,7H2,1-2H3,(H,19,20). The average Bonchev–Trinajstić information content (AvgIpc) is 2.49. The Morgan fingerprint density at radius 1 is 1.27 bits per heavy atom. The van der Waals surface area contributed by atoms with Crippen molar-refractivity contribution in [1.29, 1.82) is 0 Å². The summed E-state index contributed by atoms with van der Waals surface area (Å²) in [4.78, 5) is 24.2. The van der Waals surface area contributed by atoms with Crippen LogP contribution >= 0.6 is 11.6 Å². The number of anilines is 1. The van der Waals surface area contributed by atoms with E-state index in [1.54, 1.807) is 32.0 Å². The van der Waals surface area contributed by atoms with Crippen LogP contribution in [0.25, 0.3) is 0 Å². The van der Waals surface area contributed by atoms with Crippen molar-refractivity contribution in [3.63, 3.8) is 0 Å². The Morgan fingerprint density at radius 2 is 2.05 bits per heavy atom. The summed E-state index contributed by atoms with van der Waals surface area (Å²) in [6.45, 7) is 3.54. The Kier molecular flexibility index (Phi) is 5.61. The summed E-state index contributed by atoms with van der Waals surface area (Å²) in [7, 11) is 0. The molecule has 22 heavy (non-hydrogen) atoms. The number of carbonyl (C=O) groups excluding carboxylic acids is 2. The van der Waals surface area contributed by atoms with Crippen LogP contribution in [0.4, 0.5) is 5.69 Å². The summed E-state index contributed by atoms with van der Waals surface area (Å²) in [6.07, 6.45) is 5.64. The lowest BCUT2D eigenvalue weighted by molar-refractivity contribution is -0.113. The molecule has 0 heterocycles. The summed E-state index contributed by atoms with van der Waals surface area (Å²) in [6, 6.07) is 4.81. The van der Waals surface area contributed by atoms with Gasteiger partial charge in [-0.3, -0.25) is 4.79 Å². The first-order chi connectivity index (χ1) is 10.5. The molecule has 0 radical (unpaired) electrons. The first-order valence-electron chi connectivity index (χ1n) is 7.48. The Labute approximate surface area is 135 Å². The van der Waals surface area contributed by atoms with Crippen LogP contribution in [0.3, 0.4) is 0 Å². The molecule has 1 aromatic rings. The number of amides is 1. The lowest BCUT2D eigenvalue weighted by atomic mass is 9.99. The fourth-order valence-electron chi connectivity index (χ4n) is 2.29. The minimum Gasteiger partial charge on any atom is -0.459 e. The smallest absolute Gasteiger partial charge is 0.339 e. The zero-order valence-electron chi connectivity index (χ0n) is 12.8. The van der Waals surface area contributed by atoms with Gasteiger partial charge in [0, 0.05) is 11.3 Å². The maximum absolute atomic E-state index is 12.2. The number of halogens is 1. The van der Waals surface area contributed by atoms with Crippen molar-refractivity contribution in [2.45, 2.75) is 45.6 Å². The number of rotatable bonds is 4. The van der Waals surface area contributed by atoms with Crippen LogP contribution in [0, 0.1) is 0 Å². The third kappa shape index (κ3) is 4.34. The minimum absolute atomic E-state index is 0.120. The molecule has 0 saturated heterocycles. The summed E-state index contributed by atoms with van der Waals surface area (Å²) in [5.74, 6) is -0.613. The second-order valence-corrected chi connectivity index (χ2v) is 5.99. The number of benzene rings is 1. The number of hydrogen-bond acceptors (Lipinski definition) is 3. The quantitative estimate of drug-likeness (QED) is 0.839. The van der Waals surface area contributed by atoms with E-state index in [1.807, 2.05) is 6.08 Å². The van der Waals surface area contributed by atoms with Crippen molar-refractivity contribution in [1.82, 2.24) is 0 Å². The molecule has 5 heteroatoms. The zero-order chi connectivity index (χ0) is 16.1. The van der Waals surface area contributed by atoms with Gasteiger partial charge >= 0.3 is 5.97 Å². The van der Waals surface area contributed by atoms with E-state index >= 15 is 0 Å². The molecule has 0 spiro atoms. The molecule has 1 aliphatic rings. The van der Waals surface area contributed by atoms with Gasteiger partial charge in [-0.25, -0.2) is 4.79 Å². The summed E-state index contributed by atoms with van der Waals surface area (Å²) in [5.41, 5.74) is 1.59. The topological polar surface area (TPSA) is 55.4 Å². The van der Waals surface area contributed by atoms with Crippen molar-refractivity contribution in [3.8, 4) is 0 Å². The van der Waals surface area contributed by atoms with E-state index in [4.69, 9.17) is 16.3 Å². The molecule has 1 N–H and O–H groups in total. The van der Waals surface area contributed by atoms with E-state index in [0.717, 1.165) is 31.3 Å². The van der Waals surface area contributed by atoms with Crippen LogP contribution in [0.5, 0.6) is 0 Å². The predicted octanol–water partition coefficient (Wildman–Crippen LogP) is 4.34. The number of esters is 1. The highest BCUT2D eigenvalue weighted by atomic mass is 35.5. The molecule has 0 fully saturated rings. The Morgan fingerprint density at radius 3 is 2.68 bits per heavy atom. The van der Waals surface area contributed by atoms with Gasteiger partial charge in [0.15, 0.2) is 0 Å². The Hall–Kier alpha value is -1.81. The molecule has 0 aromatic heterocycles. The van der Waals surface area contributed by atoms with Crippen LogP contribution < -0.4 is 5.32 Å². The van der Waals surface area contributed by atoms with Gasteiger partial charge in [-0.2, -0.15) is 0 Å². The van der Waals surface area contributed by atoms with Crippen molar-refractivity contribution in [2.75, 3.05) is 5.32 Å². The van der Waals surface area contributed by atoms with E-state index in [2.05, 4.69) is 5.32 Å². The fraction of sp³-hybridized carbons (Fsp3) is 0.412. The Balaban J connectivity index is 2.13. The van der Waals surface area contributed by atoms with Gasteiger partial charge < -0.3 is 10.1 Å². The van der Waals surface area contributed by atoms with Crippen LogP contribution in [-0.4, -0.2) is 18.0 Å². The highest BCUT2D eigenvalue weighted by Gasteiger charge is 2.16. The molecule has 0 saturated carbocycles. The third-order valence-corrected chi connectivity index (χ3v) is 3.70.